The summed E-state index contributed by atoms with van der Waals surface area (Å²) in [5, 5.41) is 17.7. The zero-order chi connectivity index (χ0) is 19.5. The van der Waals surface area contributed by atoms with Crippen LogP contribution in [0.4, 0.5) is 5.82 Å². The molecular weight excluding hydrogens is 372 g/mol. The lowest BCUT2D eigenvalue weighted by Crippen LogP contribution is -2.16. The molecular formula is C21H22N4O2S. The third-order valence-electron chi connectivity index (χ3n) is 5.21. The number of nitrogens with one attached hydrogen (secondary N) is 1. The fourth-order valence-electron chi connectivity index (χ4n) is 3.69. The molecule has 144 valence electrons. The summed E-state index contributed by atoms with van der Waals surface area (Å²) in [6, 6.07) is 9.79. The number of aryl methyl sites for hydroxylation is 1. The summed E-state index contributed by atoms with van der Waals surface area (Å²) in [5.74, 6) is 1.07. The molecule has 4 rings (SSSR count). The molecule has 0 saturated heterocycles. The van der Waals surface area contributed by atoms with E-state index in [0.29, 0.717) is 28.0 Å². The maximum atomic E-state index is 13.0. The van der Waals surface area contributed by atoms with Gasteiger partial charge in [0.05, 0.1) is 6.20 Å². The Bertz CT molecular complexity index is 1040. The van der Waals surface area contributed by atoms with Crippen molar-refractivity contribution in [2.45, 2.75) is 43.1 Å². The Kier molecular flexibility index (Phi) is 5.40. The van der Waals surface area contributed by atoms with Crippen molar-refractivity contribution in [3.05, 3.63) is 47.3 Å². The number of nitriles is 1. The van der Waals surface area contributed by atoms with Crippen molar-refractivity contribution in [3.8, 4) is 6.07 Å². The molecule has 1 N–H and O–H groups in total. The number of thioether (sulfide) groups is 1. The van der Waals surface area contributed by atoms with Gasteiger partial charge in [0.15, 0.2) is 5.76 Å². The monoisotopic (exact) mass is 394 g/mol. The van der Waals surface area contributed by atoms with Crippen molar-refractivity contribution < 1.29 is 9.21 Å². The smallest absolute Gasteiger partial charge is 0.292 e. The Balaban J connectivity index is 1.63. The lowest BCUT2D eigenvalue weighted by Gasteiger charge is -2.20. The van der Waals surface area contributed by atoms with E-state index in [-0.39, 0.29) is 5.91 Å². The lowest BCUT2D eigenvalue weighted by molar-refractivity contribution is 0.0997. The molecule has 0 aliphatic heterocycles. The average Bonchev–Trinajstić information content (AvgIpc) is 3.27. The minimum Gasteiger partial charge on any atom is -0.451 e. The van der Waals surface area contributed by atoms with Crippen LogP contribution in [0.3, 0.4) is 0 Å². The van der Waals surface area contributed by atoms with Crippen molar-refractivity contribution >= 4 is 34.5 Å². The Morgan fingerprint density at radius 3 is 2.93 bits per heavy atom. The maximum Gasteiger partial charge on any atom is 0.292 e. The molecule has 1 aliphatic carbocycles. The number of carbonyl (C=O) groups is 1. The summed E-state index contributed by atoms with van der Waals surface area (Å²) in [6.07, 6.45) is 7.81. The summed E-state index contributed by atoms with van der Waals surface area (Å²) in [4.78, 5) is 13.0. The number of anilines is 1. The lowest BCUT2D eigenvalue weighted by atomic mass is 10.0. The molecule has 7 heteroatoms. The number of amides is 1. The number of carbonyl (C=O) groups excluding carboxylic acids is 1. The molecule has 1 amide bonds. The van der Waals surface area contributed by atoms with Crippen LogP contribution >= 0.6 is 11.8 Å². The number of benzene rings is 1. The van der Waals surface area contributed by atoms with Gasteiger partial charge in [-0.15, -0.1) is 0 Å². The van der Waals surface area contributed by atoms with Crippen molar-refractivity contribution in [2.24, 2.45) is 7.05 Å². The van der Waals surface area contributed by atoms with Gasteiger partial charge in [0.25, 0.3) is 5.91 Å². The molecule has 2 heterocycles. The number of hydrogen-bond acceptors (Lipinski definition) is 5. The molecule has 1 fully saturated rings. The molecule has 0 radical (unpaired) electrons. The first-order valence-electron chi connectivity index (χ1n) is 9.53. The van der Waals surface area contributed by atoms with Crippen molar-refractivity contribution in [3.63, 3.8) is 0 Å². The molecule has 6 nitrogen and oxygen atoms in total. The fourth-order valence-corrected chi connectivity index (χ4v) is 5.05. The van der Waals surface area contributed by atoms with Gasteiger partial charge in [-0.25, -0.2) is 0 Å². The van der Waals surface area contributed by atoms with Gasteiger partial charge in [-0.2, -0.15) is 22.1 Å². The van der Waals surface area contributed by atoms with Gasteiger partial charge in [-0.3, -0.25) is 9.48 Å². The average molecular weight is 395 g/mol. The highest BCUT2D eigenvalue weighted by Gasteiger charge is 2.24. The molecule has 3 aromatic rings. The number of hydrogen-bond donors (Lipinski definition) is 1. The van der Waals surface area contributed by atoms with E-state index in [4.69, 9.17) is 4.42 Å². The van der Waals surface area contributed by atoms with Gasteiger partial charge >= 0.3 is 0 Å². The van der Waals surface area contributed by atoms with Crippen LogP contribution in [0.1, 0.15) is 53.8 Å². The first kappa shape index (κ1) is 18.6. The van der Waals surface area contributed by atoms with Gasteiger partial charge in [0.2, 0.25) is 0 Å². The molecule has 1 saturated carbocycles. The standard InChI is InChI=1S/C21H22N4O2S/c1-25-20(14(11-22)12-23-25)24-21(26)19-17(13-28-15-7-3-2-4-8-15)16-9-5-6-10-18(16)27-19/h5-6,9-10,12,15H,2-4,7-8,13H2,1H3,(H,24,26). The van der Waals surface area contributed by atoms with Crippen LogP contribution in [-0.2, 0) is 12.8 Å². The molecule has 2 aromatic heterocycles. The second-order valence-corrected chi connectivity index (χ2v) is 8.36. The SMILES string of the molecule is Cn1ncc(C#N)c1NC(=O)c1oc2ccccc2c1CSC1CCCCC1. The minimum atomic E-state index is -0.351. The molecule has 0 spiro atoms. The van der Waals surface area contributed by atoms with Crippen molar-refractivity contribution in [2.75, 3.05) is 5.32 Å². The predicted octanol–water partition coefficient (Wildman–Crippen LogP) is 4.86. The van der Waals surface area contributed by atoms with E-state index in [2.05, 4.69) is 10.4 Å². The summed E-state index contributed by atoms with van der Waals surface area (Å²) in [5.41, 5.74) is 1.95. The zero-order valence-corrected chi connectivity index (χ0v) is 16.6. The van der Waals surface area contributed by atoms with E-state index in [1.54, 1.807) is 7.05 Å². The summed E-state index contributed by atoms with van der Waals surface area (Å²) >= 11 is 1.91. The van der Waals surface area contributed by atoms with Crippen molar-refractivity contribution in [1.82, 2.24) is 9.78 Å². The van der Waals surface area contributed by atoms with Gasteiger partial charge in [-0.1, -0.05) is 37.5 Å². The van der Waals surface area contributed by atoms with E-state index in [1.165, 1.54) is 43.0 Å². The second kappa shape index (κ2) is 8.11. The number of para-hydroxylation sites is 1. The molecule has 1 aromatic carbocycles. The van der Waals surface area contributed by atoms with Crippen LogP contribution in [0.2, 0.25) is 0 Å². The molecule has 0 atom stereocenters. The van der Waals surface area contributed by atoms with E-state index >= 15 is 0 Å². The van der Waals surface area contributed by atoms with Gasteiger partial charge < -0.3 is 9.73 Å². The van der Waals surface area contributed by atoms with Crippen LogP contribution in [0.25, 0.3) is 11.0 Å². The largest absolute Gasteiger partial charge is 0.451 e. The molecule has 28 heavy (non-hydrogen) atoms. The molecule has 0 bridgehead atoms. The van der Waals surface area contributed by atoms with Crippen LogP contribution in [0.5, 0.6) is 0 Å². The first-order valence-corrected chi connectivity index (χ1v) is 10.6. The number of nitrogens with zero attached hydrogens (tertiary/aromatic N) is 3. The highest BCUT2D eigenvalue weighted by molar-refractivity contribution is 7.99. The molecule has 0 unspecified atom stereocenters. The Labute approximate surface area is 167 Å². The van der Waals surface area contributed by atoms with E-state index in [1.807, 2.05) is 42.1 Å². The minimum absolute atomic E-state index is 0.314. The molecule has 1 aliphatic rings. The number of aromatic nitrogens is 2. The van der Waals surface area contributed by atoms with Crippen LogP contribution in [0, 0.1) is 11.3 Å². The third-order valence-corrected chi connectivity index (χ3v) is 6.61. The number of fused-ring (bicyclic) bond motifs is 1. The quantitative estimate of drug-likeness (QED) is 0.668. The van der Waals surface area contributed by atoms with Crippen LogP contribution in [-0.4, -0.2) is 20.9 Å². The van der Waals surface area contributed by atoms with E-state index < -0.39 is 0 Å². The number of rotatable bonds is 5. The summed E-state index contributed by atoms with van der Waals surface area (Å²) in [6.45, 7) is 0. The van der Waals surface area contributed by atoms with Crippen LogP contribution < -0.4 is 5.32 Å². The van der Waals surface area contributed by atoms with Gasteiger partial charge in [-0.05, 0) is 18.9 Å². The zero-order valence-electron chi connectivity index (χ0n) is 15.8. The van der Waals surface area contributed by atoms with Gasteiger partial charge in [0, 0.05) is 29.0 Å². The fraction of sp³-hybridized carbons (Fsp3) is 0.381. The van der Waals surface area contributed by atoms with Crippen molar-refractivity contribution in [1.29, 1.82) is 5.26 Å². The normalized spacial score (nSPS) is 14.9. The Morgan fingerprint density at radius 2 is 2.14 bits per heavy atom. The highest BCUT2D eigenvalue weighted by atomic mass is 32.2. The highest BCUT2D eigenvalue weighted by Crippen LogP contribution is 2.35. The van der Waals surface area contributed by atoms with Crippen LogP contribution in [0.15, 0.2) is 34.9 Å². The van der Waals surface area contributed by atoms with Gasteiger partial charge in [0.1, 0.15) is 23.0 Å². The number of furan rings is 1. The Morgan fingerprint density at radius 1 is 1.36 bits per heavy atom. The Hall–Kier alpha value is -2.72. The predicted molar refractivity (Wildman–Crippen MR) is 110 cm³/mol. The maximum absolute atomic E-state index is 13.0. The summed E-state index contributed by atoms with van der Waals surface area (Å²) in [7, 11) is 1.69. The topological polar surface area (TPSA) is 83.9 Å². The van der Waals surface area contributed by atoms with E-state index in [0.717, 1.165) is 16.7 Å². The summed E-state index contributed by atoms with van der Waals surface area (Å²) < 4.78 is 7.41. The third kappa shape index (κ3) is 3.65. The van der Waals surface area contributed by atoms with E-state index in [9.17, 15) is 10.1 Å². The first-order chi connectivity index (χ1) is 13.7. The second-order valence-electron chi connectivity index (χ2n) is 7.07.